The van der Waals surface area contributed by atoms with Crippen LogP contribution in [0.2, 0.25) is 0 Å². The lowest BCUT2D eigenvalue weighted by atomic mass is 10.1. The molecule has 2 amide bonds. The van der Waals surface area contributed by atoms with Gasteiger partial charge in [-0.2, -0.15) is 0 Å². The molecule has 5 heteroatoms. The molecule has 0 saturated carbocycles. The maximum atomic E-state index is 12.4. The molecule has 5 nitrogen and oxygen atoms in total. The summed E-state index contributed by atoms with van der Waals surface area (Å²) < 4.78 is 5.03. The number of carbonyl (C=O) groups is 2. The Kier molecular flexibility index (Phi) is 6.44. The summed E-state index contributed by atoms with van der Waals surface area (Å²) in [4.78, 5) is 27.7. The SMILES string of the molecule is CCOC(=O)N1CCCN(C(=O)CCc2ccc(C)cc2)CC1. The summed E-state index contributed by atoms with van der Waals surface area (Å²) in [6, 6.07) is 8.30. The monoisotopic (exact) mass is 318 g/mol. The van der Waals surface area contributed by atoms with Gasteiger partial charge in [0, 0.05) is 32.6 Å². The Hall–Kier alpha value is -2.04. The Morgan fingerprint density at radius 1 is 1.04 bits per heavy atom. The van der Waals surface area contributed by atoms with Gasteiger partial charge >= 0.3 is 6.09 Å². The van der Waals surface area contributed by atoms with Gasteiger partial charge in [0.1, 0.15) is 0 Å². The van der Waals surface area contributed by atoms with E-state index in [1.807, 2.05) is 4.90 Å². The third-order valence-corrected chi connectivity index (χ3v) is 4.12. The summed E-state index contributed by atoms with van der Waals surface area (Å²) in [5, 5.41) is 0. The van der Waals surface area contributed by atoms with Crippen LogP contribution in [0.15, 0.2) is 24.3 Å². The van der Waals surface area contributed by atoms with Crippen molar-refractivity contribution in [3.05, 3.63) is 35.4 Å². The highest BCUT2D eigenvalue weighted by molar-refractivity contribution is 5.76. The Morgan fingerprint density at radius 3 is 2.39 bits per heavy atom. The van der Waals surface area contributed by atoms with E-state index in [1.54, 1.807) is 11.8 Å². The maximum Gasteiger partial charge on any atom is 0.409 e. The van der Waals surface area contributed by atoms with Crippen molar-refractivity contribution in [2.45, 2.75) is 33.1 Å². The third-order valence-electron chi connectivity index (χ3n) is 4.12. The van der Waals surface area contributed by atoms with E-state index in [0.29, 0.717) is 39.2 Å². The molecule has 1 heterocycles. The van der Waals surface area contributed by atoms with E-state index >= 15 is 0 Å². The molecule has 1 aliphatic heterocycles. The average Bonchev–Trinajstić information content (AvgIpc) is 2.80. The van der Waals surface area contributed by atoms with Gasteiger partial charge in [-0.25, -0.2) is 4.79 Å². The fraction of sp³-hybridized carbons (Fsp3) is 0.556. The van der Waals surface area contributed by atoms with E-state index in [4.69, 9.17) is 4.74 Å². The van der Waals surface area contributed by atoms with E-state index in [1.165, 1.54) is 11.1 Å². The van der Waals surface area contributed by atoms with Crippen molar-refractivity contribution in [1.29, 1.82) is 0 Å². The normalized spacial score (nSPS) is 15.2. The van der Waals surface area contributed by atoms with Crippen LogP contribution in [0, 0.1) is 6.92 Å². The zero-order valence-corrected chi connectivity index (χ0v) is 14.1. The molecule has 0 aliphatic carbocycles. The molecular formula is C18H26N2O3. The van der Waals surface area contributed by atoms with Gasteiger partial charge in [0.25, 0.3) is 0 Å². The molecule has 0 bridgehead atoms. The van der Waals surface area contributed by atoms with Crippen molar-refractivity contribution >= 4 is 12.0 Å². The number of rotatable bonds is 4. The number of nitrogens with zero attached hydrogens (tertiary/aromatic N) is 2. The van der Waals surface area contributed by atoms with Crippen LogP contribution in [0.5, 0.6) is 0 Å². The molecule has 1 saturated heterocycles. The van der Waals surface area contributed by atoms with Crippen molar-refractivity contribution in [3.8, 4) is 0 Å². The second-order valence-electron chi connectivity index (χ2n) is 5.91. The van der Waals surface area contributed by atoms with Crippen molar-refractivity contribution in [1.82, 2.24) is 9.80 Å². The van der Waals surface area contributed by atoms with Gasteiger partial charge in [0.15, 0.2) is 0 Å². The highest BCUT2D eigenvalue weighted by Gasteiger charge is 2.22. The van der Waals surface area contributed by atoms with Gasteiger partial charge in [-0.3, -0.25) is 4.79 Å². The maximum absolute atomic E-state index is 12.4. The lowest BCUT2D eigenvalue weighted by Gasteiger charge is -2.21. The molecule has 0 unspecified atom stereocenters. The van der Waals surface area contributed by atoms with Crippen LogP contribution >= 0.6 is 0 Å². The number of aryl methyl sites for hydroxylation is 2. The molecule has 23 heavy (non-hydrogen) atoms. The minimum Gasteiger partial charge on any atom is -0.450 e. The average molecular weight is 318 g/mol. The quantitative estimate of drug-likeness (QED) is 0.857. The Bertz CT molecular complexity index is 528. The molecule has 1 aromatic rings. The smallest absolute Gasteiger partial charge is 0.409 e. The van der Waals surface area contributed by atoms with Gasteiger partial charge < -0.3 is 14.5 Å². The summed E-state index contributed by atoms with van der Waals surface area (Å²) in [6.45, 7) is 6.75. The zero-order valence-electron chi connectivity index (χ0n) is 14.1. The first-order chi connectivity index (χ1) is 11.1. The molecule has 1 aliphatic rings. The van der Waals surface area contributed by atoms with Crippen LogP contribution in [-0.2, 0) is 16.0 Å². The Labute approximate surface area is 138 Å². The fourth-order valence-corrected chi connectivity index (χ4v) is 2.73. The largest absolute Gasteiger partial charge is 0.450 e. The first-order valence-electron chi connectivity index (χ1n) is 8.35. The lowest BCUT2D eigenvalue weighted by Crippen LogP contribution is -2.37. The number of carbonyl (C=O) groups excluding carboxylic acids is 2. The molecule has 0 radical (unpaired) electrons. The molecule has 0 atom stereocenters. The highest BCUT2D eigenvalue weighted by Crippen LogP contribution is 2.10. The third kappa shape index (κ3) is 5.27. The van der Waals surface area contributed by atoms with Crippen LogP contribution in [0.3, 0.4) is 0 Å². The van der Waals surface area contributed by atoms with E-state index in [9.17, 15) is 9.59 Å². The van der Waals surface area contributed by atoms with E-state index < -0.39 is 0 Å². The summed E-state index contributed by atoms with van der Waals surface area (Å²) in [5.74, 6) is 0.163. The van der Waals surface area contributed by atoms with E-state index in [0.717, 1.165) is 12.8 Å². The van der Waals surface area contributed by atoms with Crippen LogP contribution in [0.1, 0.15) is 30.9 Å². The predicted molar refractivity (Wildman–Crippen MR) is 89.3 cm³/mol. The molecule has 0 N–H and O–H groups in total. The number of benzene rings is 1. The summed E-state index contributed by atoms with van der Waals surface area (Å²) in [7, 11) is 0. The molecule has 0 spiro atoms. The summed E-state index contributed by atoms with van der Waals surface area (Å²) in [6.07, 6.45) is 1.80. The van der Waals surface area contributed by atoms with Crippen molar-refractivity contribution in [3.63, 3.8) is 0 Å². The number of ether oxygens (including phenoxy) is 1. The predicted octanol–water partition coefficient (Wildman–Crippen LogP) is 2.62. The number of amides is 2. The second kappa shape index (κ2) is 8.56. The number of hydrogen-bond donors (Lipinski definition) is 0. The molecule has 1 aromatic carbocycles. The standard InChI is InChI=1S/C18H26N2O3/c1-3-23-18(22)20-12-4-11-19(13-14-20)17(21)10-9-16-7-5-15(2)6-8-16/h5-8H,3-4,9-14H2,1-2H3. The van der Waals surface area contributed by atoms with Gasteiger partial charge in [-0.05, 0) is 32.3 Å². The molecule has 0 aromatic heterocycles. The van der Waals surface area contributed by atoms with E-state index in [2.05, 4.69) is 31.2 Å². The lowest BCUT2D eigenvalue weighted by molar-refractivity contribution is -0.131. The summed E-state index contributed by atoms with van der Waals surface area (Å²) >= 11 is 0. The minimum absolute atomic E-state index is 0.163. The van der Waals surface area contributed by atoms with Gasteiger partial charge in [-0.15, -0.1) is 0 Å². The fourth-order valence-electron chi connectivity index (χ4n) is 2.73. The summed E-state index contributed by atoms with van der Waals surface area (Å²) in [5.41, 5.74) is 2.42. The van der Waals surface area contributed by atoms with Gasteiger partial charge in [0.05, 0.1) is 6.61 Å². The second-order valence-corrected chi connectivity index (χ2v) is 5.91. The van der Waals surface area contributed by atoms with Gasteiger partial charge in [-0.1, -0.05) is 29.8 Å². The van der Waals surface area contributed by atoms with Gasteiger partial charge in [0.2, 0.25) is 5.91 Å². The first kappa shape index (κ1) is 17.3. The first-order valence-corrected chi connectivity index (χ1v) is 8.35. The minimum atomic E-state index is -0.276. The highest BCUT2D eigenvalue weighted by atomic mass is 16.6. The van der Waals surface area contributed by atoms with Crippen LogP contribution in [0.25, 0.3) is 0 Å². The van der Waals surface area contributed by atoms with Crippen LogP contribution in [0.4, 0.5) is 4.79 Å². The van der Waals surface area contributed by atoms with Crippen LogP contribution < -0.4 is 0 Å². The molecule has 126 valence electrons. The van der Waals surface area contributed by atoms with Crippen LogP contribution in [-0.4, -0.2) is 54.6 Å². The topological polar surface area (TPSA) is 49.9 Å². The Morgan fingerprint density at radius 2 is 1.70 bits per heavy atom. The van der Waals surface area contributed by atoms with Crippen molar-refractivity contribution < 1.29 is 14.3 Å². The molecular weight excluding hydrogens is 292 g/mol. The number of hydrogen-bond acceptors (Lipinski definition) is 3. The molecule has 1 fully saturated rings. The van der Waals surface area contributed by atoms with Crippen molar-refractivity contribution in [2.24, 2.45) is 0 Å². The van der Waals surface area contributed by atoms with E-state index in [-0.39, 0.29) is 12.0 Å². The zero-order chi connectivity index (χ0) is 16.7. The molecule has 2 rings (SSSR count). The Balaban J connectivity index is 1.81. The van der Waals surface area contributed by atoms with Crippen molar-refractivity contribution in [2.75, 3.05) is 32.8 Å².